The van der Waals surface area contributed by atoms with Crippen LogP contribution in [-0.4, -0.2) is 21.0 Å². The molecule has 0 unspecified atom stereocenters. The van der Waals surface area contributed by atoms with Gasteiger partial charge in [-0.25, -0.2) is 13.1 Å². The Morgan fingerprint density at radius 1 is 1.00 bits per heavy atom. The van der Waals surface area contributed by atoms with E-state index in [2.05, 4.69) is 10.0 Å². The van der Waals surface area contributed by atoms with Crippen molar-refractivity contribution in [3.05, 3.63) is 24.3 Å². The molecule has 0 saturated heterocycles. The molecule has 1 aromatic carbocycles. The standard InChI is InChI=1S/C14H24N2O2S/c1-5-14(6-2,7-3)16-19(17,18)13-10-8-12(15-4)9-11-13/h8-11,15-16H,5-7H2,1-4H3. The molecule has 0 spiro atoms. The van der Waals surface area contributed by atoms with Gasteiger partial charge in [-0.3, -0.25) is 0 Å². The molecular formula is C14H24N2O2S. The lowest BCUT2D eigenvalue weighted by Crippen LogP contribution is -2.46. The molecule has 0 heterocycles. The highest BCUT2D eigenvalue weighted by molar-refractivity contribution is 7.89. The zero-order chi connectivity index (χ0) is 14.5. The van der Waals surface area contributed by atoms with Crippen molar-refractivity contribution in [2.24, 2.45) is 0 Å². The average molecular weight is 284 g/mol. The Hall–Kier alpha value is -1.07. The van der Waals surface area contributed by atoms with Crippen LogP contribution in [-0.2, 0) is 10.0 Å². The first-order valence-electron chi connectivity index (χ1n) is 6.74. The largest absolute Gasteiger partial charge is 0.388 e. The third-order valence-corrected chi connectivity index (χ3v) is 5.43. The Morgan fingerprint density at radius 3 is 1.84 bits per heavy atom. The van der Waals surface area contributed by atoms with Gasteiger partial charge in [0.15, 0.2) is 0 Å². The van der Waals surface area contributed by atoms with Gasteiger partial charge in [0.25, 0.3) is 0 Å². The van der Waals surface area contributed by atoms with Gasteiger partial charge in [0.05, 0.1) is 4.90 Å². The number of hydrogen-bond donors (Lipinski definition) is 2. The molecule has 0 fully saturated rings. The topological polar surface area (TPSA) is 58.2 Å². The molecule has 0 aromatic heterocycles. The second kappa shape index (κ2) is 6.39. The molecule has 0 saturated carbocycles. The third kappa shape index (κ3) is 3.70. The van der Waals surface area contributed by atoms with Gasteiger partial charge in [0, 0.05) is 18.3 Å². The first kappa shape index (κ1) is 16.0. The lowest BCUT2D eigenvalue weighted by Gasteiger charge is -2.31. The van der Waals surface area contributed by atoms with E-state index in [1.54, 1.807) is 31.3 Å². The van der Waals surface area contributed by atoms with Crippen LogP contribution in [0.15, 0.2) is 29.2 Å². The molecular weight excluding hydrogens is 260 g/mol. The zero-order valence-electron chi connectivity index (χ0n) is 12.2. The van der Waals surface area contributed by atoms with Crippen molar-refractivity contribution in [3.8, 4) is 0 Å². The summed E-state index contributed by atoms with van der Waals surface area (Å²) >= 11 is 0. The van der Waals surface area contributed by atoms with Crippen LogP contribution in [0.25, 0.3) is 0 Å². The molecule has 1 rings (SSSR count). The molecule has 19 heavy (non-hydrogen) atoms. The first-order chi connectivity index (χ1) is 8.93. The molecule has 108 valence electrons. The molecule has 2 N–H and O–H groups in total. The van der Waals surface area contributed by atoms with Crippen molar-refractivity contribution in [2.75, 3.05) is 12.4 Å². The minimum absolute atomic E-state index is 0.311. The van der Waals surface area contributed by atoms with E-state index in [0.717, 1.165) is 24.9 Å². The number of anilines is 1. The summed E-state index contributed by atoms with van der Waals surface area (Å²) in [5.74, 6) is 0. The Balaban J connectivity index is 3.03. The molecule has 0 bridgehead atoms. The van der Waals surface area contributed by atoms with Gasteiger partial charge in [-0.2, -0.15) is 0 Å². The van der Waals surface area contributed by atoms with E-state index in [1.807, 2.05) is 20.8 Å². The molecule has 0 aliphatic heterocycles. The third-order valence-electron chi connectivity index (χ3n) is 3.83. The Morgan fingerprint density at radius 2 is 1.47 bits per heavy atom. The van der Waals surface area contributed by atoms with E-state index in [9.17, 15) is 8.42 Å². The van der Waals surface area contributed by atoms with Crippen LogP contribution < -0.4 is 10.0 Å². The second-order valence-corrected chi connectivity index (χ2v) is 6.40. The normalized spacial score (nSPS) is 12.4. The summed E-state index contributed by atoms with van der Waals surface area (Å²) in [5, 5.41) is 2.97. The Kier molecular flexibility index (Phi) is 5.38. The second-order valence-electron chi connectivity index (χ2n) is 4.72. The van der Waals surface area contributed by atoms with Crippen LogP contribution in [0, 0.1) is 0 Å². The summed E-state index contributed by atoms with van der Waals surface area (Å²) < 4.78 is 27.6. The highest BCUT2D eigenvalue weighted by Gasteiger charge is 2.30. The maximum atomic E-state index is 12.4. The number of benzene rings is 1. The fraction of sp³-hybridized carbons (Fsp3) is 0.571. The SMILES string of the molecule is CCC(CC)(CC)NS(=O)(=O)c1ccc(NC)cc1. The van der Waals surface area contributed by atoms with Gasteiger partial charge in [-0.05, 0) is 43.5 Å². The van der Waals surface area contributed by atoms with Crippen molar-refractivity contribution in [1.29, 1.82) is 0 Å². The minimum atomic E-state index is -3.46. The average Bonchev–Trinajstić information content (AvgIpc) is 2.45. The van der Waals surface area contributed by atoms with E-state index in [4.69, 9.17) is 0 Å². The predicted molar refractivity (Wildman–Crippen MR) is 79.9 cm³/mol. The fourth-order valence-corrected chi connectivity index (χ4v) is 3.73. The van der Waals surface area contributed by atoms with Crippen LogP contribution >= 0.6 is 0 Å². The summed E-state index contributed by atoms with van der Waals surface area (Å²) in [6, 6.07) is 6.78. The van der Waals surface area contributed by atoms with Gasteiger partial charge >= 0.3 is 0 Å². The van der Waals surface area contributed by atoms with Crippen molar-refractivity contribution in [3.63, 3.8) is 0 Å². The molecule has 0 radical (unpaired) electrons. The lowest BCUT2D eigenvalue weighted by atomic mass is 9.91. The smallest absolute Gasteiger partial charge is 0.241 e. The Labute approximate surface area is 116 Å². The fourth-order valence-electron chi connectivity index (χ4n) is 2.11. The van der Waals surface area contributed by atoms with E-state index in [-0.39, 0.29) is 5.54 Å². The maximum Gasteiger partial charge on any atom is 0.241 e. The zero-order valence-corrected chi connectivity index (χ0v) is 13.0. The first-order valence-corrected chi connectivity index (χ1v) is 8.23. The van der Waals surface area contributed by atoms with E-state index in [0.29, 0.717) is 4.90 Å². The van der Waals surface area contributed by atoms with E-state index < -0.39 is 10.0 Å². The number of sulfonamides is 1. The highest BCUT2D eigenvalue weighted by atomic mass is 32.2. The van der Waals surface area contributed by atoms with Gasteiger partial charge in [-0.15, -0.1) is 0 Å². The molecule has 4 nitrogen and oxygen atoms in total. The molecule has 1 aromatic rings. The van der Waals surface area contributed by atoms with Crippen molar-refractivity contribution < 1.29 is 8.42 Å². The van der Waals surface area contributed by atoms with Crippen LogP contribution in [0.1, 0.15) is 40.0 Å². The monoisotopic (exact) mass is 284 g/mol. The summed E-state index contributed by atoms with van der Waals surface area (Å²) in [4.78, 5) is 0.311. The molecule has 0 aliphatic carbocycles. The van der Waals surface area contributed by atoms with Crippen molar-refractivity contribution >= 4 is 15.7 Å². The highest BCUT2D eigenvalue weighted by Crippen LogP contribution is 2.23. The Bertz CT molecular complexity index is 482. The van der Waals surface area contributed by atoms with E-state index in [1.165, 1.54) is 0 Å². The number of nitrogens with one attached hydrogen (secondary N) is 2. The van der Waals surface area contributed by atoms with Gasteiger partial charge in [0.2, 0.25) is 10.0 Å². The summed E-state index contributed by atoms with van der Waals surface area (Å²) in [7, 11) is -1.65. The summed E-state index contributed by atoms with van der Waals surface area (Å²) in [5.41, 5.74) is 0.548. The van der Waals surface area contributed by atoms with Gasteiger partial charge < -0.3 is 5.32 Å². The summed E-state index contributed by atoms with van der Waals surface area (Å²) in [6.07, 6.45) is 2.36. The van der Waals surface area contributed by atoms with Crippen molar-refractivity contribution in [1.82, 2.24) is 4.72 Å². The molecule has 0 atom stereocenters. The van der Waals surface area contributed by atoms with Gasteiger partial charge in [-0.1, -0.05) is 20.8 Å². The van der Waals surface area contributed by atoms with Crippen LogP contribution in [0.2, 0.25) is 0 Å². The van der Waals surface area contributed by atoms with E-state index >= 15 is 0 Å². The lowest BCUT2D eigenvalue weighted by molar-refractivity contribution is 0.341. The van der Waals surface area contributed by atoms with Crippen LogP contribution in [0.4, 0.5) is 5.69 Å². The molecule has 0 aliphatic rings. The van der Waals surface area contributed by atoms with Crippen LogP contribution in [0.5, 0.6) is 0 Å². The minimum Gasteiger partial charge on any atom is -0.388 e. The number of hydrogen-bond acceptors (Lipinski definition) is 3. The molecule has 0 amide bonds. The molecule has 5 heteroatoms. The predicted octanol–water partition coefficient (Wildman–Crippen LogP) is 2.98. The number of rotatable bonds is 7. The summed E-state index contributed by atoms with van der Waals surface area (Å²) in [6.45, 7) is 6.04. The van der Waals surface area contributed by atoms with Gasteiger partial charge in [0.1, 0.15) is 0 Å². The van der Waals surface area contributed by atoms with Crippen LogP contribution in [0.3, 0.4) is 0 Å². The quantitative estimate of drug-likeness (QED) is 0.809. The van der Waals surface area contributed by atoms with Crippen molar-refractivity contribution in [2.45, 2.75) is 50.5 Å². The maximum absolute atomic E-state index is 12.4.